The second kappa shape index (κ2) is 8.97. The fourth-order valence-corrected chi connectivity index (χ4v) is 4.11. The lowest BCUT2D eigenvalue weighted by atomic mass is 10.1. The van der Waals surface area contributed by atoms with Crippen LogP contribution in [0.1, 0.15) is 6.92 Å². The highest BCUT2D eigenvalue weighted by molar-refractivity contribution is 8.00. The number of benzene rings is 3. The Kier molecular flexibility index (Phi) is 5.95. The van der Waals surface area contributed by atoms with Crippen LogP contribution in [0.25, 0.3) is 22.2 Å². The van der Waals surface area contributed by atoms with Gasteiger partial charge in [0.25, 0.3) is 0 Å². The van der Waals surface area contributed by atoms with Crippen LogP contribution >= 0.6 is 11.8 Å². The molecule has 0 saturated carbocycles. The summed E-state index contributed by atoms with van der Waals surface area (Å²) >= 11 is 1.39. The van der Waals surface area contributed by atoms with Gasteiger partial charge in [-0.05, 0) is 18.4 Å². The maximum absolute atomic E-state index is 12.9. The number of anilines is 1. The van der Waals surface area contributed by atoms with Crippen LogP contribution in [0.15, 0.2) is 90.6 Å². The monoisotopic (exact) mass is 414 g/mol. The van der Waals surface area contributed by atoms with Gasteiger partial charge in [-0.1, -0.05) is 84.6 Å². The van der Waals surface area contributed by atoms with Crippen molar-refractivity contribution in [3.05, 3.63) is 85.5 Å². The van der Waals surface area contributed by atoms with Gasteiger partial charge in [0.15, 0.2) is 11.0 Å². The van der Waals surface area contributed by atoms with E-state index in [-0.39, 0.29) is 11.2 Å². The highest BCUT2D eigenvalue weighted by Gasteiger charge is 2.21. The van der Waals surface area contributed by atoms with Crippen molar-refractivity contribution in [3.63, 3.8) is 0 Å². The van der Waals surface area contributed by atoms with Gasteiger partial charge in [0.2, 0.25) is 5.91 Å². The lowest BCUT2D eigenvalue weighted by Gasteiger charge is -2.14. The molecule has 1 heterocycles. The van der Waals surface area contributed by atoms with Gasteiger partial charge in [0.05, 0.1) is 5.25 Å². The van der Waals surface area contributed by atoms with E-state index >= 15 is 0 Å². The van der Waals surface area contributed by atoms with Crippen LogP contribution in [0.2, 0.25) is 0 Å². The second-order valence-electron chi connectivity index (χ2n) is 6.85. The minimum Gasteiger partial charge on any atom is -0.325 e. The summed E-state index contributed by atoms with van der Waals surface area (Å²) in [5.41, 5.74) is 1.79. The molecule has 0 fully saturated rings. The molecule has 1 amide bonds. The molecule has 0 aliphatic heterocycles. The van der Waals surface area contributed by atoms with Gasteiger partial charge >= 0.3 is 0 Å². The molecule has 0 spiro atoms. The Labute approximate surface area is 179 Å². The SMILES string of the molecule is C=CCn1c(S[C@@H](C)C(=O)Nc2cccc3ccccc23)nnc1-c1ccccc1. The zero-order chi connectivity index (χ0) is 20.9. The van der Waals surface area contributed by atoms with Crippen LogP contribution in [-0.4, -0.2) is 25.9 Å². The molecule has 3 aromatic carbocycles. The molecule has 4 aromatic rings. The van der Waals surface area contributed by atoms with E-state index in [2.05, 4.69) is 22.1 Å². The standard InChI is InChI=1S/C24H22N4OS/c1-3-16-28-22(19-11-5-4-6-12-19)26-27-24(28)30-17(2)23(29)25-21-15-9-13-18-10-7-8-14-20(18)21/h3-15,17H,1,16H2,2H3,(H,25,29)/t17-/m0/s1. The number of aromatic nitrogens is 3. The van der Waals surface area contributed by atoms with Gasteiger partial charge in [-0.25, -0.2) is 0 Å². The van der Waals surface area contributed by atoms with Gasteiger partial charge in [-0.15, -0.1) is 16.8 Å². The van der Waals surface area contributed by atoms with Crippen molar-refractivity contribution in [3.8, 4) is 11.4 Å². The normalized spacial score (nSPS) is 11.9. The lowest BCUT2D eigenvalue weighted by molar-refractivity contribution is -0.115. The molecule has 4 rings (SSSR count). The maximum Gasteiger partial charge on any atom is 0.237 e. The molecular weight excluding hydrogens is 392 g/mol. The first-order chi connectivity index (χ1) is 14.7. The first-order valence-corrected chi connectivity index (χ1v) is 10.6. The van der Waals surface area contributed by atoms with Crippen LogP contribution in [0.3, 0.4) is 0 Å². The summed E-state index contributed by atoms with van der Waals surface area (Å²) in [7, 11) is 0. The number of thioether (sulfide) groups is 1. The van der Waals surface area contributed by atoms with E-state index in [1.54, 1.807) is 6.08 Å². The van der Waals surface area contributed by atoms with Gasteiger partial charge in [0.1, 0.15) is 0 Å². The van der Waals surface area contributed by atoms with Crippen molar-refractivity contribution in [1.82, 2.24) is 14.8 Å². The number of fused-ring (bicyclic) bond motifs is 1. The third kappa shape index (κ3) is 4.14. The number of nitrogens with one attached hydrogen (secondary N) is 1. The Morgan fingerprint density at radius 1 is 1.07 bits per heavy atom. The molecule has 0 bridgehead atoms. The summed E-state index contributed by atoms with van der Waals surface area (Å²) < 4.78 is 1.98. The number of carbonyl (C=O) groups is 1. The summed E-state index contributed by atoms with van der Waals surface area (Å²) in [6.45, 7) is 6.29. The summed E-state index contributed by atoms with van der Waals surface area (Å²) in [5.74, 6) is 0.686. The summed E-state index contributed by atoms with van der Waals surface area (Å²) in [4.78, 5) is 12.9. The molecular formula is C24H22N4OS. The number of allylic oxidation sites excluding steroid dienone is 1. The highest BCUT2D eigenvalue weighted by Crippen LogP contribution is 2.28. The van der Waals surface area contributed by atoms with Gasteiger partial charge < -0.3 is 5.32 Å². The zero-order valence-electron chi connectivity index (χ0n) is 16.7. The molecule has 0 radical (unpaired) electrons. The molecule has 1 atom stereocenters. The predicted molar refractivity (Wildman–Crippen MR) is 124 cm³/mol. The fourth-order valence-electron chi connectivity index (χ4n) is 3.25. The summed E-state index contributed by atoms with van der Waals surface area (Å²) in [6, 6.07) is 23.8. The molecule has 150 valence electrons. The minimum absolute atomic E-state index is 0.0780. The Hall–Kier alpha value is -3.38. The highest BCUT2D eigenvalue weighted by atomic mass is 32.2. The van der Waals surface area contributed by atoms with E-state index in [1.165, 1.54) is 11.8 Å². The molecule has 0 aliphatic carbocycles. The Bertz CT molecular complexity index is 1180. The van der Waals surface area contributed by atoms with Crippen molar-refractivity contribution in [2.75, 3.05) is 5.32 Å². The quantitative estimate of drug-likeness (QED) is 0.325. The lowest BCUT2D eigenvalue weighted by Crippen LogP contribution is -2.23. The first kappa shape index (κ1) is 19.9. The Balaban J connectivity index is 1.55. The van der Waals surface area contributed by atoms with Crippen LogP contribution in [-0.2, 0) is 11.3 Å². The molecule has 0 aliphatic rings. The number of carbonyl (C=O) groups excluding carboxylic acids is 1. The Morgan fingerprint density at radius 2 is 1.80 bits per heavy atom. The number of hydrogen-bond acceptors (Lipinski definition) is 4. The maximum atomic E-state index is 12.9. The van der Waals surface area contributed by atoms with Crippen LogP contribution in [0.4, 0.5) is 5.69 Å². The largest absolute Gasteiger partial charge is 0.325 e. The minimum atomic E-state index is -0.347. The van der Waals surface area contributed by atoms with Crippen molar-refractivity contribution < 1.29 is 4.79 Å². The fraction of sp³-hybridized carbons (Fsp3) is 0.125. The average molecular weight is 415 g/mol. The van der Waals surface area contributed by atoms with E-state index in [4.69, 9.17) is 0 Å². The molecule has 6 heteroatoms. The number of nitrogens with zero attached hydrogens (tertiary/aromatic N) is 3. The van der Waals surface area contributed by atoms with Gasteiger partial charge in [-0.3, -0.25) is 9.36 Å². The third-order valence-electron chi connectivity index (χ3n) is 4.76. The van der Waals surface area contributed by atoms with Crippen LogP contribution in [0, 0.1) is 0 Å². The van der Waals surface area contributed by atoms with E-state index < -0.39 is 0 Å². The van der Waals surface area contributed by atoms with Crippen molar-refractivity contribution in [1.29, 1.82) is 0 Å². The molecule has 1 N–H and O–H groups in total. The third-order valence-corrected chi connectivity index (χ3v) is 5.84. The molecule has 1 aromatic heterocycles. The molecule has 0 unspecified atom stereocenters. The van der Waals surface area contributed by atoms with Crippen LogP contribution < -0.4 is 5.32 Å². The molecule has 0 saturated heterocycles. The second-order valence-corrected chi connectivity index (χ2v) is 8.16. The predicted octanol–water partition coefficient (Wildman–Crippen LogP) is 5.40. The van der Waals surface area contributed by atoms with E-state index in [0.29, 0.717) is 11.7 Å². The Morgan fingerprint density at radius 3 is 2.60 bits per heavy atom. The number of rotatable bonds is 7. The average Bonchev–Trinajstić information content (AvgIpc) is 3.17. The smallest absolute Gasteiger partial charge is 0.237 e. The topological polar surface area (TPSA) is 59.8 Å². The van der Waals surface area contributed by atoms with E-state index in [0.717, 1.165) is 27.8 Å². The molecule has 5 nitrogen and oxygen atoms in total. The zero-order valence-corrected chi connectivity index (χ0v) is 17.5. The van der Waals surface area contributed by atoms with Gasteiger partial charge in [-0.2, -0.15) is 0 Å². The summed E-state index contributed by atoms with van der Waals surface area (Å²) in [6.07, 6.45) is 1.81. The van der Waals surface area contributed by atoms with Crippen molar-refractivity contribution >= 4 is 34.1 Å². The van der Waals surface area contributed by atoms with Crippen molar-refractivity contribution in [2.45, 2.75) is 23.9 Å². The first-order valence-electron chi connectivity index (χ1n) is 9.72. The van der Waals surface area contributed by atoms with Crippen LogP contribution in [0.5, 0.6) is 0 Å². The number of amides is 1. The molecule has 30 heavy (non-hydrogen) atoms. The van der Waals surface area contributed by atoms with E-state index in [9.17, 15) is 4.79 Å². The van der Waals surface area contributed by atoms with Gasteiger partial charge in [0, 0.05) is 23.2 Å². The van der Waals surface area contributed by atoms with Crippen molar-refractivity contribution in [2.24, 2.45) is 0 Å². The summed E-state index contributed by atoms with van der Waals surface area (Å²) in [5, 5.41) is 14.2. The van der Waals surface area contributed by atoms with E-state index in [1.807, 2.05) is 84.3 Å². The number of hydrogen-bond donors (Lipinski definition) is 1.